The van der Waals surface area contributed by atoms with Crippen molar-refractivity contribution in [2.45, 2.75) is 31.4 Å². The van der Waals surface area contributed by atoms with Gasteiger partial charge in [-0.1, -0.05) is 11.8 Å². The number of halogens is 1. The minimum absolute atomic E-state index is 0.218. The number of rotatable bonds is 4. The van der Waals surface area contributed by atoms with Crippen LogP contribution in [0.5, 0.6) is 0 Å². The van der Waals surface area contributed by atoms with Crippen molar-refractivity contribution in [3.05, 3.63) is 10.8 Å². The molecular formula is C11H16BrN3O2S. The lowest BCUT2D eigenvalue weighted by Crippen LogP contribution is -2.24. The van der Waals surface area contributed by atoms with E-state index in [0.29, 0.717) is 10.8 Å². The summed E-state index contributed by atoms with van der Waals surface area (Å²) < 4.78 is 5.97. The molecule has 0 aliphatic carbocycles. The third-order valence-corrected chi connectivity index (χ3v) is 3.72. The molecule has 1 aromatic rings. The molecular weight excluding hydrogens is 318 g/mol. The molecule has 5 nitrogen and oxygen atoms in total. The zero-order valence-corrected chi connectivity index (χ0v) is 13.2. The molecule has 1 rings (SSSR count). The van der Waals surface area contributed by atoms with Gasteiger partial charge in [-0.2, -0.15) is 0 Å². The lowest BCUT2D eigenvalue weighted by molar-refractivity contribution is -0.151. The predicted octanol–water partition coefficient (Wildman–Crippen LogP) is 2.71. The van der Waals surface area contributed by atoms with Gasteiger partial charge in [0.1, 0.15) is 22.8 Å². The number of ether oxygens (including phenoxy) is 1. The van der Waals surface area contributed by atoms with Gasteiger partial charge in [0.05, 0.1) is 10.2 Å². The van der Waals surface area contributed by atoms with Gasteiger partial charge in [0.25, 0.3) is 0 Å². The van der Waals surface area contributed by atoms with Crippen molar-refractivity contribution in [1.82, 2.24) is 9.97 Å². The molecule has 0 aromatic carbocycles. The van der Waals surface area contributed by atoms with Crippen LogP contribution in [0.4, 0.5) is 5.82 Å². The number of esters is 1. The van der Waals surface area contributed by atoms with Crippen LogP contribution < -0.4 is 5.32 Å². The maximum Gasteiger partial charge on any atom is 0.316 e. The highest BCUT2D eigenvalue weighted by Gasteiger charge is 2.17. The summed E-state index contributed by atoms with van der Waals surface area (Å²) in [5.74, 6) is 0.650. The quantitative estimate of drug-likeness (QED) is 0.519. The number of carbonyl (C=O) groups is 1. The predicted molar refractivity (Wildman–Crippen MR) is 75.8 cm³/mol. The second-order valence-electron chi connectivity index (χ2n) is 4.47. The standard InChI is InChI=1S/C11H16BrN3O2S/c1-11(2,3)17-7(16)5-18-10-8(12)9(13-4)14-6-15-10/h6H,5H2,1-4H3,(H,13,14,15). The van der Waals surface area contributed by atoms with Crippen LogP contribution in [0.2, 0.25) is 0 Å². The first-order chi connectivity index (χ1) is 8.33. The molecule has 0 spiro atoms. The summed E-state index contributed by atoms with van der Waals surface area (Å²) in [6, 6.07) is 0. The van der Waals surface area contributed by atoms with E-state index >= 15 is 0 Å². The molecule has 1 aromatic heterocycles. The topological polar surface area (TPSA) is 64.1 Å². The molecule has 0 aliphatic rings. The Morgan fingerprint density at radius 2 is 2.17 bits per heavy atom. The van der Waals surface area contributed by atoms with Crippen molar-refractivity contribution in [1.29, 1.82) is 0 Å². The molecule has 0 aliphatic heterocycles. The number of thioether (sulfide) groups is 1. The molecule has 7 heteroatoms. The largest absolute Gasteiger partial charge is 0.459 e. The Bertz CT molecular complexity index is 435. The van der Waals surface area contributed by atoms with Crippen LogP contribution in [-0.4, -0.2) is 34.3 Å². The van der Waals surface area contributed by atoms with Crippen LogP contribution in [0.25, 0.3) is 0 Å². The Kier molecular flexibility index (Phi) is 5.40. The second-order valence-corrected chi connectivity index (χ2v) is 6.22. The van der Waals surface area contributed by atoms with Crippen molar-refractivity contribution in [3.63, 3.8) is 0 Å². The summed E-state index contributed by atoms with van der Waals surface area (Å²) in [5.41, 5.74) is -0.462. The maximum atomic E-state index is 11.6. The molecule has 0 fully saturated rings. The Hall–Kier alpha value is -0.820. The Morgan fingerprint density at radius 1 is 1.50 bits per heavy atom. The smallest absolute Gasteiger partial charge is 0.316 e. The maximum absolute atomic E-state index is 11.6. The third-order valence-electron chi connectivity index (χ3n) is 1.74. The van der Waals surface area contributed by atoms with Gasteiger partial charge in [0.15, 0.2) is 0 Å². The van der Waals surface area contributed by atoms with E-state index in [4.69, 9.17) is 4.74 Å². The Labute approximate surface area is 119 Å². The highest BCUT2D eigenvalue weighted by Crippen LogP contribution is 2.29. The molecule has 0 atom stereocenters. The molecule has 0 amide bonds. The zero-order chi connectivity index (χ0) is 13.8. The zero-order valence-electron chi connectivity index (χ0n) is 10.8. The fourth-order valence-electron chi connectivity index (χ4n) is 1.13. The molecule has 1 N–H and O–H groups in total. The summed E-state index contributed by atoms with van der Waals surface area (Å²) >= 11 is 4.71. The fraction of sp³-hybridized carbons (Fsp3) is 0.545. The van der Waals surface area contributed by atoms with E-state index in [1.807, 2.05) is 20.8 Å². The molecule has 0 radical (unpaired) electrons. The van der Waals surface area contributed by atoms with Gasteiger partial charge in [-0.25, -0.2) is 9.97 Å². The first-order valence-electron chi connectivity index (χ1n) is 5.36. The van der Waals surface area contributed by atoms with Gasteiger partial charge in [0.2, 0.25) is 0 Å². The number of hydrogen-bond donors (Lipinski definition) is 1. The second kappa shape index (κ2) is 6.38. The minimum Gasteiger partial charge on any atom is -0.459 e. The van der Waals surface area contributed by atoms with E-state index in [1.54, 1.807) is 7.05 Å². The van der Waals surface area contributed by atoms with Crippen LogP contribution in [0.15, 0.2) is 15.8 Å². The van der Waals surface area contributed by atoms with Crippen molar-refractivity contribution in [2.75, 3.05) is 18.1 Å². The lowest BCUT2D eigenvalue weighted by atomic mass is 10.2. The first kappa shape index (κ1) is 15.2. The highest BCUT2D eigenvalue weighted by atomic mass is 79.9. The number of nitrogens with zero attached hydrogens (tertiary/aromatic N) is 2. The fourth-order valence-corrected chi connectivity index (χ4v) is 2.53. The van der Waals surface area contributed by atoms with Gasteiger partial charge >= 0.3 is 5.97 Å². The monoisotopic (exact) mass is 333 g/mol. The van der Waals surface area contributed by atoms with Crippen LogP contribution in [0.1, 0.15) is 20.8 Å². The first-order valence-corrected chi connectivity index (χ1v) is 7.14. The summed E-state index contributed by atoms with van der Waals surface area (Å²) in [7, 11) is 1.77. The number of anilines is 1. The molecule has 0 saturated heterocycles. The van der Waals surface area contributed by atoms with Gasteiger partial charge in [-0.3, -0.25) is 4.79 Å². The highest BCUT2D eigenvalue weighted by molar-refractivity contribution is 9.10. The van der Waals surface area contributed by atoms with Gasteiger partial charge in [0, 0.05) is 7.05 Å². The van der Waals surface area contributed by atoms with Crippen molar-refractivity contribution in [3.8, 4) is 0 Å². The van der Waals surface area contributed by atoms with E-state index in [2.05, 4.69) is 31.2 Å². The minimum atomic E-state index is -0.462. The van der Waals surface area contributed by atoms with Gasteiger partial charge in [-0.15, -0.1) is 0 Å². The van der Waals surface area contributed by atoms with Crippen LogP contribution in [0, 0.1) is 0 Å². The molecule has 0 saturated carbocycles. The van der Waals surface area contributed by atoms with E-state index in [-0.39, 0.29) is 11.7 Å². The van der Waals surface area contributed by atoms with E-state index < -0.39 is 5.60 Å². The Morgan fingerprint density at radius 3 is 2.72 bits per heavy atom. The number of carbonyl (C=O) groups excluding carboxylic acids is 1. The molecule has 0 bridgehead atoms. The average molecular weight is 334 g/mol. The van der Waals surface area contributed by atoms with Crippen molar-refractivity contribution < 1.29 is 9.53 Å². The molecule has 0 unspecified atom stereocenters. The lowest BCUT2D eigenvalue weighted by Gasteiger charge is -2.19. The average Bonchev–Trinajstić information content (AvgIpc) is 2.25. The number of aromatic nitrogens is 2. The molecule has 18 heavy (non-hydrogen) atoms. The van der Waals surface area contributed by atoms with E-state index in [0.717, 1.165) is 4.47 Å². The van der Waals surface area contributed by atoms with Crippen LogP contribution in [-0.2, 0) is 9.53 Å². The van der Waals surface area contributed by atoms with Gasteiger partial charge < -0.3 is 10.1 Å². The van der Waals surface area contributed by atoms with E-state index in [9.17, 15) is 4.79 Å². The summed E-state index contributed by atoms with van der Waals surface area (Å²) in [4.78, 5) is 19.7. The summed E-state index contributed by atoms with van der Waals surface area (Å²) in [6.07, 6.45) is 1.45. The summed E-state index contributed by atoms with van der Waals surface area (Å²) in [5, 5.41) is 3.64. The molecule has 100 valence electrons. The number of nitrogens with one attached hydrogen (secondary N) is 1. The molecule has 1 heterocycles. The Balaban J connectivity index is 2.61. The van der Waals surface area contributed by atoms with Crippen LogP contribution in [0.3, 0.4) is 0 Å². The summed E-state index contributed by atoms with van der Waals surface area (Å²) in [6.45, 7) is 5.53. The van der Waals surface area contributed by atoms with E-state index in [1.165, 1.54) is 18.1 Å². The van der Waals surface area contributed by atoms with Crippen LogP contribution >= 0.6 is 27.7 Å². The SMILES string of the molecule is CNc1ncnc(SCC(=O)OC(C)(C)C)c1Br. The number of hydrogen-bond acceptors (Lipinski definition) is 6. The third kappa shape index (κ3) is 4.81. The van der Waals surface area contributed by atoms with Crippen molar-refractivity contribution in [2.24, 2.45) is 0 Å². The van der Waals surface area contributed by atoms with Gasteiger partial charge in [-0.05, 0) is 36.7 Å². The van der Waals surface area contributed by atoms with Crippen molar-refractivity contribution >= 4 is 39.5 Å². The normalized spacial score (nSPS) is 11.2.